The van der Waals surface area contributed by atoms with E-state index in [1.165, 1.54) is 0 Å². The quantitative estimate of drug-likeness (QED) is 0.838. The van der Waals surface area contributed by atoms with E-state index in [2.05, 4.69) is 35.8 Å². The number of aromatic nitrogens is 2. The van der Waals surface area contributed by atoms with Crippen LogP contribution in [-0.4, -0.2) is 39.8 Å². The zero-order valence-electron chi connectivity index (χ0n) is 13.6. The zero-order chi connectivity index (χ0) is 15.3. The van der Waals surface area contributed by atoms with Crippen LogP contribution in [0.15, 0.2) is 4.52 Å². The molecule has 120 valence electrons. The minimum atomic E-state index is 0.122. The zero-order valence-corrected chi connectivity index (χ0v) is 13.6. The summed E-state index contributed by atoms with van der Waals surface area (Å²) in [4.78, 5) is 6.92. The summed E-state index contributed by atoms with van der Waals surface area (Å²) in [6.45, 7) is 8.75. The highest BCUT2D eigenvalue weighted by Gasteiger charge is 2.35. The minimum absolute atomic E-state index is 0.122. The van der Waals surface area contributed by atoms with Gasteiger partial charge in [0.15, 0.2) is 5.82 Å². The molecular weight excluding hydrogens is 266 g/mol. The van der Waals surface area contributed by atoms with E-state index in [9.17, 15) is 5.11 Å². The van der Waals surface area contributed by atoms with Gasteiger partial charge < -0.3 is 9.63 Å². The maximum absolute atomic E-state index is 9.61. The monoisotopic (exact) mass is 295 g/mol. The number of hydrogen-bond donors (Lipinski definition) is 1. The van der Waals surface area contributed by atoms with E-state index in [1.807, 2.05) is 0 Å². The van der Waals surface area contributed by atoms with Crippen molar-refractivity contribution in [1.29, 1.82) is 0 Å². The minimum Gasteiger partial charge on any atom is -0.396 e. The van der Waals surface area contributed by atoms with Crippen LogP contribution in [0.5, 0.6) is 0 Å². The van der Waals surface area contributed by atoms with Gasteiger partial charge in [0.1, 0.15) is 0 Å². The number of aryl methyl sites for hydroxylation is 1. The van der Waals surface area contributed by atoms with Crippen LogP contribution in [-0.2, 0) is 6.42 Å². The first-order chi connectivity index (χ1) is 10.1. The van der Waals surface area contributed by atoms with Gasteiger partial charge in [0.2, 0.25) is 5.89 Å². The van der Waals surface area contributed by atoms with Gasteiger partial charge in [0.25, 0.3) is 0 Å². The standard InChI is InChI=1S/C16H29N3O2/c1-4-6-7-14-17-15(21-18-14)13(3)19-10-8-16(5-2,12-20)9-11-19/h13,20H,4-12H2,1-3H3. The average molecular weight is 295 g/mol. The highest BCUT2D eigenvalue weighted by molar-refractivity contribution is 4.95. The van der Waals surface area contributed by atoms with Crippen LogP contribution in [0.1, 0.15) is 70.6 Å². The number of hydrogen-bond acceptors (Lipinski definition) is 5. The predicted octanol–water partition coefficient (Wildman–Crippen LogP) is 2.96. The Morgan fingerprint density at radius 3 is 2.62 bits per heavy atom. The fourth-order valence-electron chi connectivity index (χ4n) is 3.04. The Hall–Kier alpha value is -0.940. The van der Waals surface area contributed by atoms with Gasteiger partial charge in [0, 0.05) is 13.0 Å². The molecule has 0 spiro atoms. The highest BCUT2D eigenvalue weighted by atomic mass is 16.5. The van der Waals surface area contributed by atoms with Crippen molar-refractivity contribution >= 4 is 0 Å². The first-order valence-corrected chi connectivity index (χ1v) is 8.31. The number of aliphatic hydroxyl groups is 1. The van der Waals surface area contributed by atoms with Crippen LogP contribution >= 0.6 is 0 Å². The summed E-state index contributed by atoms with van der Waals surface area (Å²) < 4.78 is 5.43. The first kappa shape index (κ1) is 16.4. The molecule has 1 fully saturated rings. The van der Waals surface area contributed by atoms with Crippen LogP contribution in [0.4, 0.5) is 0 Å². The summed E-state index contributed by atoms with van der Waals surface area (Å²) in [6, 6.07) is 0.168. The van der Waals surface area contributed by atoms with Crippen LogP contribution in [0.3, 0.4) is 0 Å². The van der Waals surface area contributed by atoms with Crippen molar-refractivity contribution in [2.75, 3.05) is 19.7 Å². The molecule has 5 heteroatoms. The molecule has 1 N–H and O–H groups in total. The smallest absolute Gasteiger partial charge is 0.243 e. The summed E-state index contributed by atoms with van der Waals surface area (Å²) in [5.41, 5.74) is 0.122. The summed E-state index contributed by atoms with van der Waals surface area (Å²) in [5, 5.41) is 13.7. The Kier molecular flexibility index (Phi) is 5.76. The van der Waals surface area contributed by atoms with Crippen LogP contribution in [0.25, 0.3) is 0 Å². The number of rotatable bonds is 7. The molecule has 0 saturated carbocycles. The maximum Gasteiger partial charge on any atom is 0.243 e. The van der Waals surface area contributed by atoms with Crippen molar-refractivity contribution in [1.82, 2.24) is 15.0 Å². The van der Waals surface area contributed by atoms with E-state index in [-0.39, 0.29) is 11.5 Å². The van der Waals surface area contributed by atoms with Gasteiger partial charge in [-0.2, -0.15) is 4.98 Å². The van der Waals surface area contributed by atoms with Gasteiger partial charge in [-0.05, 0) is 51.1 Å². The second kappa shape index (κ2) is 7.36. The van der Waals surface area contributed by atoms with E-state index < -0.39 is 0 Å². The van der Waals surface area contributed by atoms with Crippen LogP contribution in [0.2, 0.25) is 0 Å². The number of likely N-dealkylation sites (tertiary alicyclic amines) is 1. The predicted molar refractivity (Wildman–Crippen MR) is 81.9 cm³/mol. The second-order valence-corrected chi connectivity index (χ2v) is 6.38. The molecule has 1 saturated heterocycles. The van der Waals surface area contributed by atoms with Gasteiger partial charge in [0.05, 0.1) is 6.04 Å². The van der Waals surface area contributed by atoms with Crippen molar-refractivity contribution < 1.29 is 9.63 Å². The molecule has 5 nitrogen and oxygen atoms in total. The third-order valence-corrected chi connectivity index (χ3v) is 5.09. The second-order valence-electron chi connectivity index (χ2n) is 6.38. The molecule has 1 atom stereocenters. The Morgan fingerprint density at radius 2 is 2.05 bits per heavy atom. The molecule has 2 heterocycles. The Balaban J connectivity index is 1.92. The molecular formula is C16H29N3O2. The molecule has 0 amide bonds. The lowest BCUT2D eigenvalue weighted by Gasteiger charge is -2.41. The summed E-state index contributed by atoms with van der Waals surface area (Å²) in [6.07, 6.45) is 6.28. The van der Waals surface area contributed by atoms with E-state index in [4.69, 9.17) is 4.52 Å². The number of nitrogens with zero attached hydrogens (tertiary/aromatic N) is 3. The van der Waals surface area contributed by atoms with E-state index in [1.54, 1.807) is 0 Å². The summed E-state index contributed by atoms with van der Waals surface area (Å²) in [5.74, 6) is 1.56. The summed E-state index contributed by atoms with van der Waals surface area (Å²) >= 11 is 0. The van der Waals surface area contributed by atoms with Crippen LogP contribution in [0, 0.1) is 5.41 Å². The lowest BCUT2D eigenvalue weighted by molar-refractivity contribution is 0.0216. The van der Waals surface area contributed by atoms with E-state index in [0.717, 1.165) is 63.3 Å². The van der Waals surface area contributed by atoms with Crippen LogP contribution < -0.4 is 0 Å². The third kappa shape index (κ3) is 3.83. The van der Waals surface area contributed by atoms with E-state index in [0.29, 0.717) is 6.61 Å². The first-order valence-electron chi connectivity index (χ1n) is 8.31. The van der Waals surface area contributed by atoms with Crippen molar-refractivity contribution in [3.8, 4) is 0 Å². The molecule has 21 heavy (non-hydrogen) atoms. The fraction of sp³-hybridized carbons (Fsp3) is 0.875. The molecule has 1 aliphatic heterocycles. The molecule has 0 bridgehead atoms. The summed E-state index contributed by atoms with van der Waals surface area (Å²) in [7, 11) is 0. The van der Waals surface area contributed by atoms with Crippen molar-refractivity contribution in [3.63, 3.8) is 0 Å². The molecule has 2 rings (SSSR count). The number of unbranched alkanes of at least 4 members (excludes halogenated alkanes) is 1. The van der Waals surface area contributed by atoms with Gasteiger partial charge >= 0.3 is 0 Å². The van der Waals surface area contributed by atoms with Gasteiger partial charge in [-0.3, -0.25) is 4.90 Å². The van der Waals surface area contributed by atoms with Gasteiger partial charge in [-0.15, -0.1) is 0 Å². The molecule has 1 aromatic heterocycles. The van der Waals surface area contributed by atoms with Crippen molar-refractivity contribution in [2.45, 2.75) is 65.3 Å². The number of aliphatic hydroxyl groups excluding tert-OH is 1. The van der Waals surface area contributed by atoms with Gasteiger partial charge in [-0.25, -0.2) is 0 Å². The Bertz CT molecular complexity index is 419. The van der Waals surface area contributed by atoms with Crippen molar-refractivity contribution in [2.24, 2.45) is 5.41 Å². The Morgan fingerprint density at radius 1 is 1.33 bits per heavy atom. The maximum atomic E-state index is 9.61. The normalized spacial score (nSPS) is 20.6. The molecule has 1 aliphatic rings. The SMILES string of the molecule is CCCCc1noc(C(C)N2CCC(CC)(CO)CC2)n1. The third-order valence-electron chi connectivity index (χ3n) is 5.09. The van der Waals surface area contributed by atoms with E-state index >= 15 is 0 Å². The molecule has 0 radical (unpaired) electrons. The molecule has 1 aromatic rings. The van der Waals surface area contributed by atoms with Crippen molar-refractivity contribution in [3.05, 3.63) is 11.7 Å². The topological polar surface area (TPSA) is 62.4 Å². The molecule has 0 aromatic carbocycles. The fourth-order valence-corrected chi connectivity index (χ4v) is 3.04. The molecule has 1 unspecified atom stereocenters. The molecule has 0 aliphatic carbocycles. The largest absolute Gasteiger partial charge is 0.396 e. The highest BCUT2D eigenvalue weighted by Crippen LogP contribution is 2.36. The van der Waals surface area contributed by atoms with Gasteiger partial charge in [-0.1, -0.05) is 25.4 Å². The number of piperidine rings is 1. The average Bonchev–Trinajstić information content (AvgIpc) is 3.01. The lowest BCUT2D eigenvalue weighted by atomic mass is 9.77. The Labute approximate surface area is 127 Å². The lowest BCUT2D eigenvalue weighted by Crippen LogP contribution is -2.42.